The molecule has 0 unspecified atom stereocenters. The fraction of sp³-hybridized carbons (Fsp3) is 0.273. The number of hydrogen-bond donors (Lipinski definition) is 3. The zero-order valence-corrected chi connectivity index (χ0v) is 17.9. The van der Waals surface area contributed by atoms with E-state index in [4.69, 9.17) is 21.1 Å². The standard InChI is InChI=1S/C22H23ClN4O5/c23-17-8-2-3-9-18(17)26-20(28)14-32-19-10-4-1-6-15(19)12-25-27-22(30)21(29)24-13-16-7-5-11-31-16/h1-4,6,8-10,12,16H,5,7,11,13-14H2,(H,24,29)(H,26,28)(H,27,30)/b25-12-/t16-/m1/s1. The van der Waals surface area contributed by atoms with Gasteiger partial charge in [-0.05, 0) is 37.1 Å². The summed E-state index contributed by atoms with van der Waals surface area (Å²) in [5, 5.41) is 9.39. The van der Waals surface area contributed by atoms with Crippen molar-refractivity contribution < 1.29 is 23.9 Å². The van der Waals surface area contributed by atoms with Crippen LogP contribution in [-0.2, 0) is 19.1 Å². The normalized spacial score (nSPS) is 15.3. The molecule has 10 heteroatoms. The van der Waals surface area contributed by atoms with Crippen LogP contribution in [0.1, 0.15) is 18.4 Å². The molecular formula is C22H23ClN4O5. The maximum Gasteiger partial charge on any atom is 0.329 e. The van der Waals surface area contributed by atoms with Gasteiger partial charge < -0.3 is 20.1 Å². The Hall–Kier alpha value is -3.43. The van der Waals surface area contributed by atoms with Crippen molar-refractivity contribution >= 4 is 41.2 Å². The van der Waals surface area contributed by atoms with Crippen LogP contribution >= 0.6 is 11.6 Å². The largest absolute Gasteiger partial charge is 0.483 e. The van der Waals surface area contributed by atoms with Crippen LogP contribution < -0.4 is 20.8 Å². The van der Waals surface area contributed by atoms with E-state index in [0.29, 0.717) is 28.6 Å². The van der Waals surface area contributed by atoms with Crippen molar-refractivity contribution in [3.05, 3.63) is 59.1 Å². The number of carbonyl (C=O) groups excluding carboxylic acids is 3. The van der Waals surface area contributed by atoms with Gasteiger partial charge in [0, 0.05) is 18.7 Å². The lowest BCUT2D eigenvalue weighted by Crippen LogP contribution is -2.41. The zero-order valence-electron chi connectivity index (χ0n) is 17.2. The summed E-state index contributed by atoms with van der Waals surface area (Å²) in [6.07, 6.45) is 3.06. The van der Waals surface area contributed by atoms with E-state index in [0.717, 1.165) is 12.8 Å². The number of halogens is 1. The maximum atomic E-state index is 12.1. The minimum Gasteiger partial charge on any atom is -0.483 e. The van der Waals surface area contributed by atoms with Crippen molar-refractivity contribution in [2.75, 3.05) is 25.1 Å². The highest BCUT2D eigenvalue weighted by Gasteiger charge is 2.19. The van der Waals surface area contributed by atoms with Gasteiger partial charge in [0.25, 0.3) is 5.91 Å². The van der Waals surface area contributed by atoms with E-state index in [1.54, 1.807) is 48.5 Å². The second-order valence-electron chi connectivity index (χ2n) is 6.90. The average molecular weight is 459 g/mol. The fourth-order valence-corrected chi connectivity index (χ4v) is 3.10. The minimum absolute atomic E-state index is 0.0607. The lowest BCUT2D eigenvalue weighted by Gasteiger charge is -2.10. The first-order valence-electron chi connectivity index (χ1n) is 10.0. The van der Waals surface area contributed by atoms with Gasteiger partial charge in [-0.15, -0.1) is 0 Å². The third-order valence-corrected chi connectivity index (χ3v) is 4.85. The number of ether oxygens (including phenoxy) is 2. The first kappa shape index (κ1) is 23.2. The molecule has 0 bridgehead atoms. The zero-order chi connectivity index (χ0) is 22.8. The summed E-state index contributed by atoms with van der Waals surface area (Å²) < 4.78 is 10.9. The summed E-state index contributed by atoms with van der Waals surface area (Å²) >= 11 is 6.03. The lowest BCUT2D eigenvalue weighted by molar-refractivity contribution is -0.139. The Labute approximate surface area is 190 Å². The summed E-state index contributed by atoms with van der Waals surface area (Å²) in [4.78, 5) is 35.8. The van der Waals surface area contributed by atoms with Crippen LogP contribution in [-0.4, -0.2) is 49.8 Å². The van der Waals surface area contributed by atoms with E-state index in [9.17, 15) is 14.4 Å². The van der Waals surface area contributed by atoms with Gasteiger partial charge in [-0.3, -0.25) is 14.4 Å². The van der Waals surface area contributed by atoms with Crippen molar-refractivity contribution in [1.82, 2.24) is 10.7 Å². The van der Waals surface area contributed by atoms with E-state index in [-0.39, 0.29) is 25.2 Å². The van der Waals surface area contributed by atoms with E-state index in [1.165, 1.54) is 6.21 Å². The van der Waals surface area contributed by atoms with E-state index in [2.05, 4.69) is 21.2 Å². The number of anilines is 1. The van der Waals surface area contributed by atoms with Crippen molar-refractivity contribution in [3.63, 3.8) is 0 Å². The Morgan fingerprint density at radius 3 is 2.69 bits per heavy atom. The quantitative estimate of drug-likeness (QED) is 0.318. The monoisotopic (exact) mass is 458 g/mol. The van der Waals surface area contributed by atoms with Crippen LogP contribution in [0.5, 0.6) is 5.75 Å². The summed E-state index contributed by atoms with van der Waals surface area (Å²) in [7, 11) is 0. The van der Waals surface area contributed by atoms with Gasteiger partial charge in [0.15, 0.2) is 6.61 Å². The molecule has 2 aromatic carbocycles. The number of nitrogens with zero attached hydrogens (tertiary/aromatic N) is 1. The van der Waals surface area contributed by atoms with Gasteiger partial charge in [0.05, 0.1) is 23.0 Å². The number of rotatable bonds is 8. The van der Waals surface area contributed by atoms with Crippen LogP contribution in [0.4, 0.5) is 5.69 Å². The van der Waals surface area contributed by atoms with Gasteiger partial charge in [0.1, 0.15) is 5.75 Å². The van der Waals surface area contributed by atoms with Gasteiger partial charge >= 0.3 is 11.8 Å². The number of hydrogen-bond acceptors (Lipinski definition) is 6. The molecule has 1 saturated heterocycles. The van der Waals surface area contributed by atoms with Crippen LogP contribution in [0.15, 0.2) is 53.6 Å². The highest BCUT2D eigenvalue weighted by Crippen LogP contribution is 2.20. The van der Waals surface area contributed by atoms with E-state index in [1.807, 2.05) is 0 Å². The van der Waals surface area contributed by atoms with Gasteiger partial charge in [-0.1, -0.05) is 35.9 Å². The molecule has 0 saturated carbocycles. The van der Waals surface area contributed by atoms with Gasteiger partial charge in [-0.25, -0.2) is 5.43 Å². The molecule has 32 heavy (non-hydrogen) atoms. The summed E-state index contributed by atoms with van der Waals surface area (Å²) in [5.74, 6) is -1.70. The number of amides is 3. The number of benzene rings is 2. The molecule has 1 aliphatic rings. The van der Waals surface area contributed by atoms with Crippen molar-refractivity contribution in [3.8, 4) is 5.75 Å². The molecule has 3 amide bonds. The van der Waals surface area contributed by atoms with Crippen LogP contribution in [0.2, 0.25) is 5.02 Å². The molecule has 3 N–H and O–H groups in total. The summed E-state index contributed by atoms with van der Waals surface area (Å²) in [6, 6.07) is 13.7. The molecular weight excluding hydrogens is 436 g/mol. The van der Waals surface area contributed by atoms with Gasteiger partial charge in [-0.2, -0.15) is 5.10 Å². The Balaban J connectivity index is 1.48. The fourth-order valence-electron chi connectivity index (χ4n) is 2.91. The molecule has 1 heterocycles. The molecule has 2 aromatic rings. The van der Waals surface area contributed by atoms with E-state index >= 15 is 0 Å². The second-order valence-corrected chi connectivity index (χ2v) is 7.31. The molecule has 1 fully saturated rings. The first-order chi connectivity index (χ1) is 15.5. The molecule has 168 valence electrons. The molecule has 1 aliphatic heterocycles. The smallest absolute Gasteiger partial charge is 0.329 e. The number of nitrogens with one attached hydrogen (secondary N) is 3. The van der Waals surface area contributed by atoms with Crippen molar-refractivity contribution in [2.24, 2.45) is 5.10 Å². The van der Waals surface area contributed by atoms with Gasteiger partial charge in [0.2, 0.25) is 0 Å². The number of carbonyl (C=O) groups is 3. The SMILES string of the molecule is O=C(COc1ccccc1/C=N\NC(=O)C(=O)NC[C@H]1CCCO1)Nc1ccccc1Cl. The number of hydrazone groups is 1. The lowest BCUT2D eigenvalue weighted by atomic mass is 10.2. The second kappa shape index (κ2) is 11.8. The van der Waals surface area contributed by atoms with Crippen LogP contribution in [0.25, 0.3) is 0 Å². The Bertz CT molecular complexity index is 992. The highest BCUT2D eigenvalue weighted by atomic mass is 35.5. The average Bonchev–Trinajstić information content (AvgIpc) is 3.32. The first-order valence-corrected chi connectivity index (χ1v) is 10.4. The number of para-hydroxylation sites is 2. The summed E-state index contributed by atoms with van der Waals surface area (Å²) in [5.41, 5.74) is 3.16. The van der Waals surface area contributed by atoms with Crippen LogP contribution in [0, 0.1) is 0 Å². The molecule has 1 atom stereocenters. The third kappa shape index (κ3) is 7.07. The Morgan fingerprint density at radius 2 is 1.91 bits per heavy atom. The molecule has 3 rings (SSSR count). The minimum atomic E-state index is -0.892. The van der Waals surface area contributed by atoms with Crippen LogP contribution in [0.3, 0.4) is 0 Å². The molecule has 0 aromatic heterocycles. The molecule has 0 spiro atoms. The maximum absolute atomic E-state index is 12.1. The highest BCUT2D eigenvalue weighted by molar-refractivity contribution is 6.35. The Kier molecular flexibility index (Phi) is 8.59. The predicted octanol–water partition coefficient (Wildman–Crippen LogP) is 2.10. The molecule has 0 radical (unpaired) electrons. The topological polar surface area (TPSA) is 118 Å². The predicted molar refractivity (Wildman–Crippen MR) is 120 cm³/mol. The summed E-state index contributed by atoms with van der Waals surface area (Å²) in [6.45, 7) is 0.692. The Morgan fingerprint density at radius 1 is 1.12 bits per heavy atom. The molecule has 0 aliphatic carbocycles. The van der Waals surface area contributed by atoms with Crippen molar-refractivity contribution in [1.29, 1.82) is 0 Å². The third-order valence-electron chi connectivity index (χ3n) is 4.52. The van der Waals surface area contributed by atoms with Crippen molar-refractivity contribution in [2.45, 2.75) is 18.9 Å². The van der Waals surface area contributed by atoms with E-state index < -0.39 is 11.8 Å². The molecule has 9 nitrogen and oxygen atoms in total.